The molecule has 0 bridgehead atoms. The minimum absolute atomic E-state index is 0.0773. The predicted octanol–water partition coefficient (Wildman–Crippen LogP) is 1.37. The van der Waals surface area contributed by atoms with Crippen molar-refractivity contribution in [1.82, 2.24) is 15.4 Å². The van der Waals surface area contributed by atoms with Crippen LogP contribution in [0.4, 0.5) is 17.3 Å². The van der Waals surface area contributed by atoms with Crippen LogP contribution in [0.2, 0.25) is 0 Å². The molecular weight excluding hydrogens is 216 g/mol. The molecule has 17 heavy (non-hydrogen) atoms. The molecule has 6 heteroatoms. The Morgan fingerprint density at radius 3 is 2.59 bits per heavy atom. The fourth-order valence-corrected chi connectivity index (χ4v) is 1.05. The Hall–Kier alpha value is -1.82. The van der Waals surface area contributed by atoms with E-state index in [9.17, 15) is 0 Å². The van der Waals surface area contributed by atoms with Gasteiger partial charge in [-0.3, -0.25) is 0 Å². The van der Waals surface area contributed by atoms with Crippen molar-refractivity contribution < 1.29 is 0 Å². The minimum Gasteiger partial charge on any atom is -0.393 e. The van der Waals surface area contributed by atoms with Gasteiger partial charge >= 0.3 is 0 Å². The lowest BCUT2D eigenvalue weighted by Crippen LogP contribution is -2.40. The van der Waals surface area contributed by atoms with Crippen LogP contribution in [0.25, 0.3) is 0 Å². The number of nitrogens with one attached hydrogen (secondary N) is 3. The number of nitrogens with two attached hydrogens (primary N) is 1. The summed E-state index contributed by atoms with van der Waals surface area (Å²) in [5.41, 5.74) is 12.4. The Labute approximate surface area is 102 Å². The van der Waals surface area contributed by atoms with Gasteiger partial charge in [-0.1, -0.05) is 6.08 Å². The highest BCUT2D eigenvalue weighted by atomic mass is 15.4. The average molecular weight is 236 g/mol. The first-order chi connectivity index (χ1) is 7.94. The SMILES string of the molecule is C=CCNc1ncnc(NNC(C)(C)C)c1N. The third kappa shape index (κ3) is 4.28. The van der Waals surface area contributed by atoms with Gasteiger partial charge in [-0.05, 0) is 20.8 Å². The maximum Gasteiger partial charge on any atom is 0.169 e. The van der Waals surface area contributed by atoms with E-state index < -0.39 is 0 Å². The fraction of sp³-hybridized carbons (Fsp3) is 0.455. The minimum atomic E-state index is -0.0773. The van der Waals surface area contributed by atoms with Crippen LogP contribution in [0.3, 0.4) is 0 Å². The number of hydrogen-bond acceptors (Lipinski definition) is 6. The number of hydrogen-bond donors (Lipinski definition) is 4. The summed E-state index contributed by atoms with van der Waals surface area (Å²) in [6.07, 6.45) is 3.19. The van der Waals surface area contributed by atoms with E-state index >= 15 is 0 Å². The molecule has 6 nitrogen and oxygen atoms in total. The van der Waals surface area contributed by atoms with Gasteiger partial charge in [0.05, 0.1) is 0 Å². The van der Waals surface area contributed by atoms with E-state index in [-0.39, 0.29) is 5.54 Å². The number of hydrazine groups is 1. The summed E-state index contributed by atoms with van der Waals surface area (Å²) in [6.45, 7) is 10.3. The molecule has 94 valence electrons. The third-order valence-corrected chi connectivity index (χ3v) is 1.85. The Balaban J connectivity index is 2.75. The highest BCUT2D eigenvalue weighted by Crippen LogP contribution is 2.21. The zero-order valence-electron chi connectivity index (χ0n) is 10.5. The van der Waals surface area contributed by atoms with Gasteiger partial charge in [0.2, 0.25) is 0 Å². The Bertz CT molecular complexity index is 382. The van der Waals surface area contributed by atoms with Crippen molar-refractivity contribution >= 4 is 17.3 Å². The van der Waals surface area contributed by atoms with Crippen molar-refractivity contribution in [2.75, 3.05) is 23.0 Å². The summed E-state index contributed by atoms with van der Waals surface area (Å²) in [4.78, 5) is 8.13. The number of aromatic nitrogens is 2. The van der Waals surface area contributed by atoms with Crippen molar-refractivity contribution in [1.29, 1.82) is 0 Å². The summed E-state index contributed by atoms with van der Waals surface area (Å²) < 4.78 is 0. The van der Waals surface area contributed by atoms with E-state index in [4.69, 9.17) is 5.73 Å². The molecule has 1 aromatic rings. The van der Waals surface area contributed by atoms with E-state index in [0.29, 0.717) is 23.9 Å². The molecule has 1 rings (SSSR count). The van der Waals surface area contributed by atoms with E-state index in [0.717, 1.165) is 0 Å². The molecule has 1 heterocycles. The second-order valence-corrected chi connectivity index (χ2v) is 4.65. The van der Waals surface area contributed by atoms with Gasteiger partial charge in [0.25, 0.3) is 0 Å². The van der Waals surface area contributed by atoms with Crippen LogP contribution in [0.1, 0.15) is 20.8 Å². The van der Waals surface area contributed by atoms with E-state index in [1.807, 2.05) is 20.8 Å². The quantitative estimate of drug-likeness (QED) is 0.456. The van der Waals surface area contributed by atoms with Crippen LogP contribution < -0.4 is 21.9 Å². The lowest BCUT2D eigenvalue weighted by molar-refractivity contribution is 0.464. The normalized spacial score (nSPS) is 11.0. The molecule has 0 radical (unpaired) electrons. The van der Waals surface area contributed by atoms with Crippen LogP contribution >= 0.6 is 0 Å². The molecule has 5 N–H and O–H groups in total. The first-order valence-electron chi connectivity index (χ1n) is 5.42. The van der Waals surface area contributed by atoms with Gasteiger partial charge in [0.1, 0.15) is 12.0 Å². The molecule has 0 amide bonds. The standard InChI is InChI=1S/C11H20N6/c1-5-6-13-9-8(12)10(15-7-14-9)16-17-11(2,3)4/h5,7,17H,1,6,12H2,2-4H3,(H2,13,14,15,16). The maximum atomic E-state index is 5.93. The van der Waals surface area contributed by atoms with Gasteiger partial charge < -0.3 is 16.5 Å². The molecule has 0 aliphatic rings. The molecule has 0 aromatic carbocycles. The first-order valence-corrected chi connectivity index (χ1v) is 5.42. The summed E-state index contributed by atoms with van der Waals surface area (Å²) >= 11 is 0. The summed E-state index contributed by atoms with van der Waals surface area (Å²) in [6, 6.07) is 0. The topological polar surface area (TPSA) is 87.9 Å². The second kappa shape index (κ2) is 5.49. The zero-order valence-corrected chi connectivity index (χ0v) is 10.5. The van der Waals surface area contributed by atoms with Gasteiger partial charge in [-0.25, -0.2) is 15.4 Å². The van der Waals surface area contributed by atoms with Crippen LogP contribution in [0, 0.1) is 0 Å². The third-order valence-electron chi connectivity index (χ3n) is 1.85. The highest BCUT2D eigenvalue weighted by Gasteiger charge is 2.11. The van der Waals surface area contributed by atoms with Crippen molar-refractivity contribution in [2.24, 2.45) is 0 Å². The Morgan fingerprint density at radius 2 is 2.00 bits per heavy atom. The van der Waals surface area contributed by atoms with Gasteiger partial charge in [0, 0.05) is 12.1 Å². The Kier molecular flexibility index (Phi) is 4.28. The van der Waals surface area contributed by atoms with Crippen molar-refractivity contribution in [3.05, 3.63) is 19.0 Å². The van der Waals surface area contributed by atoms with E-state index in [1.54, 1.807) is 6.08 Å². The molecule has 0 unspecified atom stereocenters. The van der Waals surface area contributed by atoms with Gasteiger partial charge in [0.15, 0.2) is 11.6 Å². The molecule has 0 spiro atoms. The lowest BCUT2D eigenvalue weighted by Gasteiger charge is -2.22. The molecule has 0 saturated heterocycles. The molecule has 0 aliphatic heterocycles. The zero-order chi connectivity index (χ0) is 12.9. The summed E-state index contributed by atoms with van der Waals surface area (Å²) in [5, 5.41) is 3.04. The molecular formula is C11H20N6. The molecule has 0 aliphatic carbocycles. The second-order valence-electron chi connectivity index (χ2n) is 4.65. The van der Waals surface area contributed by atoms with Crippen molar-refractivity contribution in [2.45, 2.75) is 26.3 Å². The van der Waals surface area contributed by atoms with Crippen molar-refractivity contribution in [3.8, 4) is 0 Å². The molecule has 0 saturated carbocycles. The number of anilines is 3. The fourth-order valence-electron chi connectivity index (χ4n) is 1.05. The Morgan fingerprint density at radius 1 is 1.35 bits per heavy atom. The molecule has 1 aromatic heterocycles. The van der Waals surface area contributed by atoms with E-state index in [2.05, 4.69) is 32.7 Å². The van der Waals surface area contributed by atoms with Crippen LogP contribution in [0.15, 0.2) is 19.0 Å². The lowest BCUT2D eigenvalue weighted by atomic mass is 10.1. The van der Waals surface area contributed by atoms with Gasteiger partial charge in [-0.2, -0.15) is 0 Å². The average Bonchev–Trinajstić information content (AvgIpc) is 2.25. The number of rotatable bonds is 5. The molecule has 0 fully saturated rings. The largest absolute Gasteiger partial charge is 0.393 e. The van der Waals surface area contributed by atoms with Crippen LogP contribution in [0.5, 0.6) is 0 Å². The smallest absolute Gasteiger partial charge is 0.169 e. The first kappa shape index (κ1) is 13.2. The van der Waals surface area contributed by atoms with Gasteiger partial charge in [-0.15, -0.1) is 6.58 Å². The van der Waals surface area contributed by atoms with Crippen LogP contribution in [-0.2, 0) is 0 Å². The predicted molar refractivity (Wildman–Crippen MR) is 71.6 cm³/mol. The summed E-state index contributed by atoms with van der Waals surface area (Å²) in [5.74, 6) is 1.15. The monoisotopic (exact) mass is 236 g/mol. The maximum absolute atomic E-state index is 5.93. The number of nitrogen functional groups attached to an aromatic ring is 1. The van der Waals surface area contributed by atoms with Crippen molar-refractivity contribution in [3.63, 3.8) is 0 Å². The molecule has 0 atom stereocenters. The number of nitrogens with zero attached hydrogens (tertiary/aromatic N) is 2. The highest BCUT2D eigenvalue weighted by molar-refractivity contribution is 5.73. The van der Waals surface area contributed by atoms with E-state index in [1.165, 1.54) is 6.33 Å². The summed E-state index contributed by atoms with van der Waals surface area (Å²) in [7, 11) is 0. The van der Waals surface area contributed by atoms with Crippen LogP contribution in [-0.4, -0.2) is 22.1 Å².